The minimum absolute atomic E-state index is 0.161. The maximum atomic E-state index is 11.8. The van der Waals surface area contributed by atoms with Crippen molar-refractivity contribution < 1.29 is 14.3 Å². The van der Waals surface area contributed by atoms with Gasteiger partial charge < -0.3 is 14.8 Å². The van der Waals surface area contributed by atoms with E-state index in [-0.39, 0.29) is 5.97 Å². The van der Waals surface area contributed by atoms with E-state index in [1.165, 1.54) is 0 Å². The SMILES string of the molecule is COCC1(C(=O)OC(C)(C)C)CNC1. The smallest absolute Gasteiger partial charge is 0.317 e. The predicted octanol–water partition coefficient (Wildman–Crippen LogP) is 0.564. The molecule has 4 heteroatoms. The minimum Gasteiger partial charge on any atom is -0.459 e. The van der Waals surface area contributed by atoms with Crippen molar-refractivity contribution >= 4 is 5.97 Å². The van der Waals surface area contributed by atoms with E-state index in [2.05, 4.69) is 5.32 Å². The highest BCUT2D eigenvalue weighted by molar-refractivity contribution is 5.79. The molecule has 1 saturated heterocycles. The Morgan fingerprint density at radius 2 is 2.00 bits per heavy atom. The highest BCUT2D eigenvalue weighted by Gasteiger charge is 2.47. The van der Waals surface area contributed by atoms with Crippen molar-refractivity contribution in [3.05, 3.63) is 0 Å². The number of nitrogens with one attached hydrogen (secondary N) is 1. The molecule has 1 aliphatic heterocycles. The highest BCUT2D eigenvalue weighted by atomic mass is 16.6. The number of rotatable bonds is 3. The van der Waals surface area contributed by atoms with E-state index in [1.807, 2.05) is 20.8 Å². The van der Waals surface area contributed by atoms with Crippen molar-refractivity contribution in [1.82, 2.24) is 5.32 Å². The van der Waals surface area contributed by atoms with Gasteiger partial charge >= 0.3 is 5.97 Å². The Kier molecular flexibility index (Phi) is 3.17. The van der Waals surface area contributed by atoms with Crippen LogP contribution in [-0.4, -0.2) is 38.4 Å². The molecule has 0 aromatic rings. The van der Waals surface area contributed by atoms with Gasteiger partial charge in [0.05, 0.1) is 6.61 Å². The largest absolute Gasteiger partial charge is 0.459 e. The summed E-state index contributed by atoms with van der Waals surface area (Å²) in [5, 5.41) is 3.07. The van der Waals surface area contributed by atoms with Crippen LogP contribution in [0.25, 0.3) is 0 Å². The van der Waals surface area contributed by atoms with Crippen molar-refractivity contribution in [3.8, 4) is 0 Å². The van der Waals surface area contributed by atoms with Crippen LogP contribution in [0.5, 0.6) is 0 Å². The molecule has 1 rings (SSSR count). The number of methoxy groups -OCH3 is 1. The normalized spacial score (nSPS) is 20.0. The van der Waals surface area contributed by atoms with Crippen LogP contribution in [0, 0.1) is 5.41 Å². The van der Waals surface area contributed by atoms with Crippen molar-refractivity contribution in [2.75, 3.05) is 26.8 Å². The lowest BCUT2D eigenvalue weighted by Gasteiger charge is -2.40. The van der Waals surface area contributed by atoms with Crippen molar-refractivity contribution in [3.63, 3.8) is 0 Å². The fourth-order valence-electron chi connectivity index (χ4n) is 1.39. The summed E-state index contributed by atoms with van der Waals surface area (Å²) in [7, 11) is 1.60. The van der Waals surface area contributed by atoms with Crippen LogP contribution in [0.3, 0.4) is 0 Å². The van der Waals surface area contributed by atoms with E-state index in [0.29, 0.717) is 19.7 Å². The zero-order valence-electron chi connectivity index (χ0n) is 9.35. The van der Waals surface area contributed by atoms with E-state index < -0.39 is 11.0 Å². The van der Waals surface area contributed by atoms with Gasteiger partial charge in [-0.1, -0.05) is 0 Å². The first kappa shape index (κ1) is 11.5. The zero-order valence-corrected chi connectivity index (χ0v) is 9.35. The van der Waals surface area contributed by atoms with E-state index in [9.17, 15) is 4.79 Å². The van der Waals surface area contributed by atoms with Gasteiger partial charge in [-0.05, 0) is 20.8 Å². The first-order valence-electron chi connectivity index (χ1n) is 4.83. The molecule has 0 unspecified atom stereocenters. The molecule has 82 valence electrons. The second-order valence-corrected chi connectivity index (χ2v) is 4.82. The number of hydrogen-bond acceptors (Lipinski definition) is 4. The first-order valence-corrected chi connectivity index (χ1v) is 4.83. The number of carbonyl (C=O) groups is 1. The van der Waals surface area contributed by atoms with Gasteiger partial charge in [0.2, 0.25) is 0 Å². The standard InChI is InChI=1S/C10H19NO3/c1-9(2,3)14-8(12)10(7-13-4)5-11-6-10/h11H,5-7H2,1-4H3. The van der Waals surface area contributed by atoms with Gasteiger partial charge in [-0.25, -0.2) is 0 Å². The fraction of sp³-hybridized carbons (Fsp3) is 0.900. The lowest BCUT2D eigenvalue weighted by molar-refractivity contribution is -0.175. The molecule has 14 heavy (non-hydrogen) atoms. The molecule has 0 atom stereocenters. The Balaban J connectivity index is 2.57. The van der Waals surface area contributed by atoms with Gasteiger partial charge in [0.15, 0.2) is 0 Å². The van der Waals surface area contributed by atoms with E-state index in [0.717, 1.165) is 0 Å². The van der Waals surface area contributed by atoms with Crippen LogP contribution in [-0.2, 0) is 14.3 Å². The quantitative estimate of drug-likeness (QED) is 0.678. The molecule has 1 fully saturated rings. The van der Waals surface area contributed by atoms with E-state index >= 15 is 0 Å². The fourth-order valence-corrected chi connectivity index (χ4v) is 1.39. The lowest BCUT2D eigenvalue weighted by atomic mass is 9.82. The molecule has 0 amide bonds. The van der Waals surface area contributed by atoms with Crippen molar-refractivity contribution in [2.24, 2.45) is 5.41 Å². The van der Waals surface area contributed by atoms with E-state index in [4.69, 9.17) is 9.47 Å². The van der Waals surface area contributed by atoms with Crippen molar-refractivity contribution in [2.45, 2.75) is 26.4 Å². The molecular formula is C10H19NO3. The van der Waals surface area contributed by atoms with Crippen LogP contribution < -0.4 is 5.32 Å². The molecule has 1 N–H and O–H groups in total. The van der Waals surface area contributed by atoms with Crippen molar-refractivity contribution in [1.29, 1.82) is 0 Å². The summed E-state index contributed by atoms with van der Waals surface area (Å²) in [6.45, 7) is 7.34. The number of esters is 1. The van der Waals surface area contributed by atoms with E-state index in [1.54, 1.807) is 7.11 Å². The second kappa shape index (κ2) is 3.87. The van der Waals surface area contributed by atoms with Gasteiger partial charge in [-0.3, -0.25) is 4.79 Å². The predicted molar refractivity (Wildman–Crippen MR) is 53.0 cm³/mol. The topological polar surface area (TPSA) is 47.6 Å². The summed E-state index contributed by atoms with van der Waals surface area (Å²) in [4.78, 5) is 11.8. The lowest BCUT2D eigenvalue weighted by Crippen LogP contribution is -2.61. The molecule has 0 bridgehead atoms. The van der Waals surface area contributed by atoms with Gasteiger partial charge in [0, 0.05) is 20.2 Å². The van der Waals surface area contributed by atoms with Crippen LogP contribution in [0.2, 0.25) is 0 Å². The number of hydrogen-bond donors (Lipinski definition) is 1. The monoisotopic (exact) mass is 201 g/mol. The Hall–Kier alpha value is -0.610. The molecule has 0 radical (unpaired) electrons. The summed E-state index contributed by atoms with van der Waals surface area (Å²) < 4.78 is 10.4. The van der Waals surface area contributed by atoms with Gasteiger partial charge in [0.25, 0.3) is 0 Å². The molecule has 0 aromatic heterocycles. The van der Waals surface area contributed by atoms with Gasteiger partial charge in [-0.15, -0.1) is 0 Å². The van der Waals surface area contributed by atoms with Gasteiger partial charge in [0.1, 0.15) is 11.0 Å². The summed E-state index contributed by atoms with van der Waals surface area (Å²) in [5.41, 5.74) is -0.880. The van der Waals surface area contributed by atoms with Crippen LogP contribution in [0.15, 0.2) is 0 Å². The third-order valence-corrected chi connectivity index (χ3v) is 2.18. The summed E-state index contributed by atoms with van der Waals surface area (Å²) in [6, 6.07) is 0. The Morgan fingerprint density at radius 3 is 2.29 bits per heavy atom. The number of carbonyl (C=O) groups excluding carboxylic acids is 1. The summed E-state index contributed by atoms with van der Waals surface area (Å²) >= 11 is 0. The highest BCUT2D eigenvalue weighted by Crippen LogP contribution is 2.27. The third kappa shape index (κ3) is 2.45. The molecule has 0 aromatic carbocycles. The summed E-state index contributed by atoms with van der Waals surface area (Å²) in [6.07, 6.45) is 0. The third-order valence-electron chi connectivity index (χ3n) is 2.18. The molecule has 0 spiro atoms. The average Bonchev–Trinajstić information content (AvgIpc) is 1.92. The molecule has 0 saturated carbocycles. The molecule has 4 nitrogen and oxygen atoms in total. The second-order valence-electron chi connectivity index (χ2n) is 4.82. The Bertz CT molecular complexity index is 216. The first-order chi connectivity index (χ1) is 6.40. The molecule has 1 aliphatic rings. The average molecular weight is 201 g/mol. The minimum atomic E-state index is -0.456. The Morgan fingerprint density at radius 1 is 1.43 bits per heavy atom. The maximum Gasteiger partial charge on any atom is 0.317 e. The molecular weight excluding hydrogens is 182 g/mol. The molecule has 0 aliphatic carbocycles. The zero-order chi connectivity index (χ0) is 10.8. The van der Waals surface area contributed by atoms with Crippen LogP contribution in [0.1, 0.15) is 20.8 Å². The van der Waals surface area contributed by atoms with Crippen LogP contribution >= 0.6 is 0 Å². The van der Waals surface area contributed by atoms with Crippen LogP contribution in [0.4, 0.5) is 0 Å². The summed E-state index contributed by atoms with van der Waals surface area (Å²) in [5.74, 6) is -0.161. The maximum absolute atomic E-state index is 11.8. The number of ether oxygens (including phenoxy) is 2. The Labute approximate surface area is 85.0 Å². The van der Waals surface area contributed by atoms with Gasteiger partial charge in [-0.2, -0.15) is 0 Å². The molecule has 1 heterocycles.